The highest BCUT2D eigenvalue weighted by molar-refractivity contribution is 8.04. The Morgan fingerprint density at radius 1 is 1.06 bits per heavy atom. The predicted octanol–water partition coefficient (Wildman–Crippen LogP) is 5.86. The summed E-state index contributed by atoms with van der Waals surface area (Å²) in [7, 11) is 1.76. The van der Waals surface area contributed by atoms with Crippen LogP contribution in [0.25, 0.3) is 6.08 Å². The van der Waals surface area contributed by atoms with Crippen molar-refractivity contribution in [3.63, 3.8) is 0 Å². The second-order valence-electron chi connectivity index (χ2n) is 8.47. The van der Waals surface area contributed by atoms with Crippen LogP contribution in [-0.4, -0.2) is 24.9 Å². The van der Waals surface area contributed by atoms with Gasteiger partial charge in [0.15, 0.2) is 0 Å². The van der Waals surface area contributed by atoms with E-state index < -0.39 is 0 Å². The van der Waals surface area contributed by atoms with Crippen molar-refractivity contribution < 1.29 is 9.59 Å². The average Bonchev–Trinajstić information content (AvgIpc) is 2.81. The van der Waals surface area contributed by atoms with E-state index in [0.717, 1.165) is 34.6 Å². The third-order valence-electron chi connectivity index (χ3n) is 5.74. The Balaban J connectivity index is 1.46. The molecule has 0 bridgehead atoms. The lowest BCUT2D eigenvalue weighted by Gasteiger charge is -2.27. The second kappa shape index (κ2) is 10.1. The highest BCUT2D eigenvalue weighted by Gasteiger charge is 2.27. The molecule has 4 rings (SSSR count). The summed E-state index contributed by atoms with van der Waals surface area (Å²) in [5.74, 6) is -0.187. The molecule has 3 aromatic carbocycles. The lowest BCUT2D eigenvalue weighted by atomic mass is 10.1. The van der Waals surface area contributed by atoms with Crippen molar-refractivity contribution >= 4 is 35.3 Å². The SMILES string of the molecule is Cc1cccc(/C=C2\Sc3ccc(C(=O)N[C@H](C)CCc4ccccc4)cc3N(C)C2=O)c1. The highest BCUT2D eigenvalue weighted by Crippen LogP contribution is 2.42. The molecule has 1 N–H and O–H groups in total. The van der Waals surface area contributed by atoms with Crippen LogP contribution in [0.2, 0.25) is 0 Å². The zero-order valence-electron chi connectivity index (χ0n) is 19.2. The fraction of sp³-hybridized carbons (Fsp3) is 0.214. The number of benzene rings is 3. The normalized spacial score (nSPS) is 15.3. The van der Waals surface area contributed by atoms with Crippen molar-refractivity contribution in [3.8, 4) is 0 Å². The Hall–Kier alpha value is -3.31. The van der Waals surface area contributed by atoms with E-state index in [9.17, 15) is 9.59 Å². The molecule has 33 heavy (non-hydrogen) atoms. The first-order chi connectivity index (χ1) is 15.9. The van der Waals surface area contributed by atoms with Gasteiger partial charge in [-0.2, -0.15) is 0 Å². The first kappa shape index (κ1) is 22.9. The van der Waals surface area contributed by atoms with Gasteiger partial charge >= 0.3 is 0 Å². The van der Waals surface area contributed by atoms with Crippen molar-refractivity contribution in [2.24, 2.45) is 0 Å². The zero-order valence-corrected chi connectivity index (χ0v) is 20.0. The van der Waals surface area contributed by atoms with Crippen LogP contribution in [-0.2, 0) is 11.2 Å². The number of fused-ring (bicyclic) bond motifs is 1. The molecule has 0 unspecified atom stereocenters. The van der Waals surface area contributed by atoms with Crippen LogP contribution in [0.15, 0.2) is 82.6 Å². The summed E-state index contributed by atoms with van der Waals surface area (Å²) in [5, 5.41) is 3.09. The van der Waals surface area contributed by atoms with Gasteiger partial charge in [-0.15, -0.1) is 0 Å². The second-order valence-corrected chi connectivity index (χ2v) is 9.55. The maximum atomic E-state index is 13.0. The van der Waals surface area contributed by atoms with E-state index in [4.69, 9.17) is 0 Å². The van der Waals surface area contributed by atoms with Crippen molar-refractivity contribution in [1.29, 1.82) is 0 Å². The number of anilines is 1. The lowest BCUT2D eigenvalue weighted by Crippen LogP contribution is -2.34. The number of nitrogens with one attached hydrogen (secondary N) is 1. The molecule has 1 aliphatic heterocycles. The first-order valence-corrected chi connectivity index (χ1v) is 12.0. The minimum absolute atomic E-state index is 0.0475. The van der Waals surface area contributed by atoms with E-state index in [2.05, 4.69) is 23.5 Å². The molecular weight excluding hydrogens is 428 g/mol. The van der Waals surface area contributed by atoms with E-state index in [-0.39, 0.29) is 17.9 Å². The number of hydrogen-bond donors (Lipinski definition) is 1. The minimum Gasteiger partial charge on any atom is -0.350 e. The summed E-state index contributed by atoms with van der Waals surface area (Å²) < 4.78 is 0. The number of hydrogen-bond acceptors (Lipinski definition) is 3. The van der Waals surface area contributed by atoms with E-state index in [1.807, 2.05) is 74.5 Å². The molecule has 5 heteroatoms. The molecular formula is C28H28N2O2S. The Morgan fingerprint density at radius 3 is 2.61 bits per heavy atom. The summed E-state index contributed by atoms with van der Waals surface area (Å²) in [6.07, 6.45) is 3.70. The van der Waals surface area contributed by atoms with Gasteiger partial charge in [-0.3, -0.25) is 9.59 Å². The summed E-state index contributed by atoms with van der Waals surface area (Å²) in [4.78, 5) is 29.1. The van der Waals surface area contributed by atoms with Crippen molar-refractivity contribution in [3.05, 3.63) is 100.0 Å². The van der Waals surface area contributed by atoms with E-state index in [0.29, 0.717) is 10.5 Å². The molecule has 1 heterocycles. The molecule has 0 fully saturated rings. The zero-order chi connectivity index (χ0) is 23.4. The largest absolute Gasteiger partial charge is 0.350 e. The molecule has 4 nitrogen and oxygen atoms in total. The third-order valence-corrected chi connectivity index (χ3v) is 6.82. The van der Waals surface area contributed by atoms with Crippen LogP contribution in [0.5, 0.6) is 0 Å². The molecule has 0 spiro atoms. The van der Waals surface area contributed by atoms with Crippen LogP contribution in [0.3, 0.4) is 0 Å². The van der Waals surface area contributed by atoms with Crippen LogP contribution in [0.4, 0.5) is 5.69 Å². The molecule has 2 amide bonds. The number of likely N-dealkylation sites (N-methyl/N-ethyl adjacent to an activating group) is 1. The minimum atomic E-state index is -0.120. The number of nitrogens with zero attached hydrogens (tertiary/aromatic N) is 1. The molecule has 0 radical (unpaired) electrons. The number of thioether (sulfide) groups is 1. The van der Waals surface area contributed by atoms with Gasteiger partial charge in [0.1, 0.15) is 0 Å². The van der Waals surface area contributed by atoms with Gasteiger partial charge in [0, 0.05) is 23.5 Å². The monoisotopic (exact) mass is 456 g/mol. The third kappa shape index (κ3) is 5.55. The Morgan fingerprint density at radius 2 is 1.85 bits per heavy atom. The summed E-state index contributed by atoms with van der Waals surface area (Å²) >= 11 is 1.45. The molecule has 3 aromatic rings. The molecule has 1 atom stereocenters. The van der Waals surface area contributed by atoms with Crippen molar-refractivity contribution in [1.82, 2.24) is 5.32 Å². The van der Waals surface area contributed by atoms with Gasteiger partial charge in [-0.25, -0.2) is 0 Å². The maximum absolute atomic E-state index is 13.0. The molecule has 1 aliphatic rings. The molecule has 0 saturated heterocycles. The number of carbonyl (C=O) groups excluding carboxylic acids is 2. The van der Waals surface area contributed by atoms with Gasteiger partial charge in [0.2, 0.25) is 0 Å². The quantitative estimate of drug-likeness (QED) is 0.473. The summed E-state index contributed by atoms with van der Waals surface area (Å²) in [6.45, 7) is 4.06. The standard InChI is InChI=1S/C28H28N2O2S/c1-19-8-7-11-22(16-19)17-26-28(32)30(3)24-18-23(14-15-25(24)33-26)27(31)29-20(2)12-13-21-9-5-4-6-10-21/h4-11,14-18,20H,12-13H2,1-3H3,(H,29,31)/b26-17-/t20-/m1/s1. The van der Waals surface area contributed by atoms with Gasteiger partial charge < -0.3 is 10.2 Å². The summed E-state index contributed by atoms with van der Waals surface area (Å²) in [6, 6.07) is 24.0. The molecule has 0 aromatic heterocycles. The van der Waals surface area contributed by atoms with E-state index in [1.165, 1.54) is 17.3 Å². The predicted molar refractivity (Wildman–Crippen MR) is 137 cm³/mol. The number of rotatable bonds is 6. The lowest BCUT2D eigenvalue weighted by molar-refractivity contribution is -0.114. The highest BCUT2D eigenvalue weighted by atomic mass is 32.2. The topological polar surface area (TPSA) is 49.4 Å². The van der Waals surface area contributed by atoms with Crippen LogP contribution < -0.4 is 10.2 Å². The average molecular weight is 457 g/mol. The van der Waals surface area contributed by atoms with Crippen LogP contribution in [0, 0.1) is 6.92 Å². The maximum Gasteiger partial charge on any atom is 0.264 e. The fourth-order valence-corrected chi connectivity index (χ4v) is 4.95. The van der Waals surface area contributed by atoms with E-state index >= 15 is 0 Å². The van der Waals surface area contributed by atoms with Gasteiger partial charge in [0.25, 0.3) is 11.8 Å². The van der Waals surface area contributed by atoms with Crippen molar-refractivity contribution in [2.45, 2.75) is 37.6 Å². The number of carbonyl (C=O) groups is 2. The molecule has 0 saturated carbocycles. The van der Waals surface area contributed by atoms with E-state index in [1.54, 1.807) is 11.9 Å². The van der Waals surface area contributed by atoms with Crippen LogP contribution in [0.1, 0.15) is 40.4 Å². The Kier molecular flexibility index (Phi) is 6.99. The molecule has 168 valence electrons. The first-order valence-electron chi connectivity index (χ1n) is 11.1. The fourth-order valence-electron chi connectivity index (χ4n) is 3.85. The smallest absolute Gasteiger partial charge is 0.264 e. The van der Waals surface area contributed by atoms with Gasteiger partial charge in [-0.1, -0.05) is 71.9 Å². The van der Waals surface area contributed by atoms with Crippen LogP contribution >= 0.6 is 11.8 Å². The molecule has 0 aliphatic carbocycles. The number of aryl methyl sites for hydroxylation is 2. The number of amides is 2. The van der Waals surface area contributed by atoms with Gasteiger partial charge in [0.05, 0.1) is 10.6 Å². The Bertz CT molecular complexity index is 1200. The Labute approximate surface area is 199 Å². The van der Waals surface area contributed by atoms with Gasteiger partial charge in [-0.05, 0) is 62.1 Å². The van der Waals surface area contributed by atoms with Crippen molar-refractivity contribution in [2.75, 3.05) is 11.9 Å². The summed E-state index contributed by atoms with van der Waals surface area (Å²) in [5.41, 5.74) is 4.74.